The van der Waals surface area contributed by atoms with E-state index in [1.165, 1.54) is 12.0 Å². The van der Waals surface area contributed by atoms with Crippen LogP contribution >= 0.6 is 11.3 Å². The Labute approximate surface area is 116 Å². The van der Waals surface area contributed by atoms with Crippen molar-refractivity contribution in [2.24, 2.45) is 0 Å². The predicted molar refractivity (Wildman–Crippen MR) is 75.5 cm³/mol. The van der Waals surface area contributed by atoms with Crippen LogP contribution in [0.4, 0.5) is 0 Å². The number of carbonyl (C=O) groups excluding carboxylic acids is 1. The van der Waals surface area contributed by atoms with E-state index in [4.69, 9.17) is 4.74 Å². The van der Waals surface area contributed by atoms with Gasteiger partial charge in [0.15, 0.2) is 0 Å². The van der Waals surface area contributed by atoms with Crippen molar-refractivity contribution in [1.29, 1.82) is 0 Å². The second kappa shape index (κ2) is 6.38. The minimum absolute atomic E-state index is 0.122. The fraction of sp³-hybridized carbons (Fsp3) is 0.267. The Kier molecular flexibility index (Phi) is 4.58. The van der Waals surface area contributed by atoms with Crippen molar-refractivity contribution in [1.82, 2.24) is 0 Å². The molecule has 1 aromatic carbocycles. The Bertz CT molecular complexity index is 517. The molecule has 0 aliphatic rings. The number of carbonyl (C=O) groups is 1. The molecule has 0 aliphatic carbocycles. The molecule has 1 N–H and O–H groups in total. The van der Waals surface area contributed by atoms with Crippen molar-refractivity contribution >= 4 is 17.3 Å². The summed E-state index contributed by atoms with van der Waals surface area (Å²) in [5.41, 5.74) is 1.10. The number of benzene rings is 1. The standard InChI is InChI=1S/C15H16O3S/c1-18-15(17)10-12(14-3-2-8-19-14)9-11-4-6-13(16)7-5-11/h2-8,12,16H,9-10H2,1H3. The van der Waals surface area contributed by atoms with Gasteiger partial charge in [-0.25, -0.2) is 0 Å². The second-order valence-corrected chi connectivity index (χ2v) is 5.34. The van der Waals surface area contributed by atoms with Crippen LogP contribution in [-0.4, -0.2) is 18.2 Å². The Hall–Kier alpha value is -1.81. The van der Waals surface area contributed by atoms with Crippen LogP contribution in [-0.2, 0) is 16.0 Å². The average molecular weight is 276 g/mol. The summed E-state index contributed by atoms with van der Waals surface area (Å²) in [6, 6.07) is 11.1. The number of rotatable bonds is 5. The van der Waals surface area contributed by atoms with E-state index in [0.29, 0.717) is 6.42 Å². The molecule has 0 amide bonds. The molecule has 1 atom stereocenters. The molecule has 3 nitrogen and oxygen atoms in total. The lowest BCUT2D eigenvalue weighted by atomic mass is 9.94. The summed E-state index contributed by atoms with van der Waals surface area (Å²) in [6.45, 7) is 0. The first-order valence-electron chi connectivity index (χ1n) is 6.07. The summed E-state index contributed by atoms with van der Waals surface area (Å²) >= 11 is 1.65. The molecule has 0 aliphatic heterocycles. The van der Waals surface area contributed by atoms with E-state index >= 15 is 0 Å². The van der Waals surface area contributed by atoms with Gasteiger partial charge < -0.3 is 9.84 Å². The molecular formula is C15H16O3S. The topological polar surface area (TPSA) is 46.5 Å². The Morgan fingerprint density at radius 1 is 1.32 bits per heavy atom. The van der Waals surface area contributed by atoms with E-state index in [-0.39, 0.29) is 17.6 Å². The van der Waals surface area contributed by atoms with Crippen molar-refractivity contribution in [3.8, 4) is 5.75 Å². The van der Waals surface area contributed by atoms with Crippen molar-refractivity contribution in [3.63, 3.8) is 0 Å². The molecule has 0 radical (unpaired) electrons. The molecule has 2 aromatic rings. The van der Waals surface area contributed by atoms with Crippen LogP contribution in [0.15, 0.2) is 41.8 Å². The molecule has 4 heteroatoms. The molecule has 100 valence electrons. The van der Waals surface area contributed by atoms with Crippen LogP contribution in [0.2, 0.25) is 0 Å². The van der Waals surface area contributed by atoms with E-state index in [2.05, 4.69) is 0 Å². The number of phenolic OH excluding ortho intramolecular Hbond substituents is 1. The Morgan fingerprint density at radius 3 is 2.63 bits per heavy atom. The summed E-state index contributed by atoms with van der Waals surface area (Å²) in [5.74, 6) is 0.179. The van der Waals surface area contributed by atoms with E-state index < -0.39 is 0 Å². The lowest BCUT2D eigenvalue weighted by Crippen LogP contribution is -2.10. The normalized spacial score (nSPS) is 12.1. The monoisotopic (exact) mass is 276 g/mol. The number of methoxy groups -OCH3 is 1. The van der Waals surface area contributed by atoms with Crippen LogP contribution in [0.25, 0.3) is 0 Å². The zero-order valence-corrected chi connectivity index (χ0v) is 11.5. The van der Waals surface area contributed by atoms with Crippen molar-refractivity contribution in [2.75, 3.05) is 7.11 Å². The number of esters is 1. The number of phenols is 1. The van der Waals surface area contributed by atoms with Crippen LogP contribution in [0.1, 0.15) is 22.8 Å². The van der Waals surface area contributed by atoms with Crippen LogP contribution in [0.5, 0.6) is 5.75 Å². The number of hydrogen-bond donors (Lipinski definition) is 1. The molecule has 1 aromatic heterocycles. The highest BCUT2D eigenvalue weighted by molar-refractivity contribution is 7.10. The van der Waals surface area contributed by atoms with Gasteiger partial charge in [0.05, 0.1) is 13.5 Å². The molecule has 19 heavy (non-hydrogen) atoms. The lowest BCUT2D eigenvalue weighted by molar-refractivity contribution is -0.141. The first-order valence-corrected chi connectivity index (χ1v) is 6.95. The Morgan fingerprint density at radius 2 is 2.05 bits per heavy atom. The highest BCUT2D eigenvalue weighted by Gasteiger charge is 2.18. The molecule has 0 spiro atoms. The van der Waals surface area contributed by atoms with Crippen molar-refractivity contribution < 1.29 is 14.6 Å². The molecule has 1 unspecified atom stereocenters. The third kappa shape index (κ3) is 3.83. The maximum absolute atomic E-state index is 11.5. The summed E-state index contributed by atoms with van der Waals surface area (Å²) in [7, 11) is 1.41. The molecule has 0 saturated carbocycles. The van der Waals surface area contributed by atoms with Gasteiger partial charge >= 0.3 is 5.97 Å². The van der Waals surface area contributed by atoms with Crippen molar-refractivity contribution in [3.05, 3.63) is 52.2 Å². The van der Waals surface area contributed by atoms with E-state index in [0.717, 1.165) is 12.0 Å². The summed E-state index contributed by atoms with van der Waals surface area (Å²) in [5, 5.41) is 11.3. The van der Waals surface area contributed by atoms with Gasteiger partial charge in [-0.05, 0) is 35.6 Å². The average Bonchev–Trinajstić information content (AvgIpc) is 2.94. The van der Waals surface area contributed by atoms with Crippen LogP contribution in [0, 0.1) is 0 Å². The van der Waals surface area contributed by atoms with E-state index in [1.807, 2.05) is 29.6 Å². The number of ether oxygens (including phenoxy) is 1. The first kappa shape index (κ1) is 13.6. The third-order valence-electron chi connectivity index (χ3n) is 3.00. The van der Waals surface area contributed by atoms with Gasteiger partial charge in [0.2, 0.25) is 0 Å². The minimum Gasteiger partial charge on any atom is -0.508 e. The highest BCUT2D eigenvalue weighted by Crippen LogP contribution is 2.29. The zero-order valence-electron chi connectivity index (χ0n) is 10.7. The van der Waals surface area contributed by atoms with Gasteiger partial charge in [0.25, 0.3) is 0 Å². The largest absolute Gasteiger partial charge is 0.508 e. The smallest absolute Gasteiger partial charge is 0.306 e. The Balaban J connectivity index is 2.13. The zero-order chi connectivity index (χ0) is 13.7. The fourth-order valence-corrected chi connectivity index (χ4v) is 2.83. The quantitative estimate of drug-likeness (QED) is 0.852. The van der Waals surface area contributed by atoms with Crippen LogP contribution < -0.4 is 0 Å². The molecule has 1 heterocycles. The third-order valence-corrected chi connectivity index (χ3v) is 4.04. The maximum Gasteiger partial charge on any atom is 0.306 e. The highest BCUT2D eigenvalue weighted by atomic mass is 32.1. The predicted octanol–water partition coefficient (Wildman–Crippen LogP) is 3.34. The van der Waals surface area contributed by atoms with E-state index in [9.17, 15) is 9.90 Å². The van der Waals surface area contributed by atoms with Crippen molar-refractivity contribution in [2.45, 2.75) is 18.8 Å². The van der Waals surface area contributed by atoms with Crippen LogP contribution in [0.3, 0.4) is 0 Å². The van der Waals surface area contributed by atoms with Gasteiger partial charge in [-0.3, -0.25) is 4.79 Å². The maximum atomic E-state index is 11.5. The number of thiophene rings is 1. The van der Waals surface area contributed by atoms with E-state index in [1.54, 1.807) is 23.5 Å². The van der Waals surface area contributed by atoms with Gasteiger partial charge in [0.1, 0.15) is 5.75 Å². The lowest BCUT2D eigenvalue weighted by Gasteiger charge is -2.14. The molecule has 0 fully saturated rings. The summed E-state index contributed by atoms with van der Waals surface area (Å²) < 4.78 is 4.76. The number of hydrogen-bond acceptors (Lipinski definition) is 4. The van der Waals surface area contributed by atoms with Gasteiger partial charge in [-0.1, -0.05) is 18.2 Å². The van der Waals surface area contributed by atoms with Gasteiger partial charge in [-0.2, -0.15) is 0 Å². The SMILES string of the molecule is COC(=O)CC(Cc1ccc(O)cc1)c1cccs1. The van der Waals surface area contributed by atoms with Gasteiger partial charge in [0, 0.05) is 10.8 Å². The summed E-state index contributed by atoms with van der Waals surface area (Å²) in [4.78, 5) is 12.7. The minimum atomic E-state index is -0.197. The molecular weight excluding hydrogens is 260 g/mol. The van der Waals surface area contributed by atoms with Gasteiger partial charge in [-0.15, -0.1) is 11.3 Å². The first-order chi connectivity index (χ1) is 9.19. The fourth-order valence-electron chi connectivity index (χ4n) is 2.00. The molecule has 2 rings (SSSR count). The number of aromatic hydroxyl groups is 1. The second-order valence-electron chi connectivity index (χ2n) is 4.36. The molecule has 0 bridgehead atoms. The summed E-state index contributed by atoms with van der Waals surface area (Å²) in [6.07, 6.45) is 1.13. The molecule has 0 saturated heterocycles.